The SMILES string of the molecule is CCn1ncc(S(=O)(=O)n2nc(-c3ccc(C)cc3)c(C)c2-c2ccc(C)cc2)c1C. The lowest BCUT2D eigenvalue weighted by atomic mass is 10.0. The second-order valence-corrected chi connectivity index (χ2v) is 9.55. The average Bonchev–Trinajstić information content (AvgIpc) is 3.30. The van der Waals surface area contributed by atoms with E-state index in [4.69, 9.17) is 0 Å². The Labute approximate surface area is 183 Å². The zero-order valence-electron chi connectivity index (χ0n) is 18.4. The minimum atomic E-state index is -3.94. The van der Waals surface area contributed by atoms with Crippen LogP contribution in [0.1, 0.15) is 29.3 Å². The van der Waals surface area contributed by atoms with E-state index in [1.807, 2.05) is 76.2 Å². The third-order valence-electron chi connectivity index (χ3n) is 5.61. The number of nitrogens with zero attached hydrogens (tertiary/aromatic N) is 4. The van der Waals surface area contributed by atoms with E-state index in [-0.39, 0.29) is 4.90 Å². The summed E-state index contributed by atoms with van der Waals surface area (Å²) in [7, 11) is -3.94. The van der Waals surface area contributed by atoms with Crippen molar-refractivity contribution in [1.29, 1.82) is 0 Å². The first kappa shape index (κ1) is 21.1. The highest BCUT2D eigenvalue weighted by Crippen LogP contribution is 2.34. The first-order valence-electron chi connectivity index (χ1n) is 10.3. The number of rotatable bonds is 5. The molecule has 0 radical (unpaired) electrons. The molecule has 0 N–H and O–H groups in total. The largest absolute Gasteiger partial charge is 0.286 e. The molecule has 31 heavy (non-hydrogen) atoms. The van der Waals surface area contributed by atoms with Gasteiger partial charge in [-0.1, -0.05) is 59.7 Å². The van der Waals surface area contributed by atoms with Gasteiger partial charge in [0, 0.05) is 23.2 Å². The highest BCUT2D eigenvalue weighted by atomic mass is 32.2. The first-order valence-corrected chi connectivity index (χ1v) is 11.7. The molecule has 0 unspecified atom stereocenters. The zero-order chi connectivity index (χ0) is 22.3. The molecule has 0 amide bonds. The van der Waals surface area contributed by atoms with Crippen LogP contribution >= 0.6 is 0 Å². The average molecular weight is 435 g/mol. The van der Waals surface area contributed by atoms with Crippen LogP contribution in [0.4, 0.5) is 0 Å². The molecule has 0 aliphatic carbocycles. The van der Waals surface area contributed by atoms with Crippen LogP contribution in [0.3, 0.4) is 0 Å². The first-order chi connectivity index (χ1) is 14.7. The molecule has 6 nitrogen and oxygen atoms in total. The van der Waals surface area contributed by atoms with E-state index < -0.39 is 10.0 Å². The summed E-state index contributed by atoms with van der Waals surface area (Å²) >= 11 is 0. The van der Waals surface area contributed by atoms with Gasteiger partial charge in [0.1, 0.15) is 4.90 Å². The molecule has 4 rings (SSSR count). The molecule has 0 saturated carbocycles. The maximum Gasteiger partial charge on any atom is 0.286 e. The fourth-order valence-electron chi connectivity index (χ4n) is 3.76. The minimum absolute atomic E-state index is 0.167. The Morgan fingerprint density at radius 1 is 0.839 bits per heavy atom. The van der Waals surface area contributed by atoms with Crippen molar-refractivity contribution in [2.75, 3.05) is 0 Å². The summed E-state index contributed by atoms with van der Waals surface area (Å²) < 4.78 is 30.3. The fraction of sp³-hybridized carbons (Fsp3) is 0.250. The topological polar surface area (TPSA) is 69.8 Å². The van der Waals surface area contributed by atoms with Crippen molar-refractivity contribution in [1.82, 2.24) is 19.0 Å². The summed E-state index contributed by atoms with van der Waals surface area (Å²) in [6, 6.07) is 15.8. The van der Waals surface area contributed by atoms with Gasteiger partial charge in [-0.05, 0) is 34.6 Å². The van der Waals surface area contributed by atoms with Crippen LogP contribution in [0.2, 0.25) is 0 Å². The van der Waals surface area contributed by atoms with Crippen LogP contribution in [0.15, 0.2) is 59.6 Å². The third kappa shape index (κ3) is 3.59. The number of aryl methyl sites for hydroxylation is 3. The van der Waals surface area contributed by atoms with Crippen molar-refractivity contribution >= 4 is 10.0 Å². The number of aromatic nitrogens is 4. The molecule has 2 heterocycles. The van der Waals surface area contributed by atoms with Crippen molar-refractivity contribution in [3.05, 3.63) is 77.1 Å². The molecule has 0 aliphatic heterocycles. The standard InChI is InChI=1S/C24H26N4O2S/c1-6-27-19(5)22(15-25-27)31(29,30)28-24(21-13-9-17(3)10-14-21)18(4)23(26-28)20-11-7-16(2)8-12-20/h7-15H,6H2,1-5H3. The monoisotopic (exact) mass is 434 g/mol. The Hall–Kier alpha value is -3.19. The molecular formula is C24H26N4O2S. The Morgan fingerprint density at radius 3 is 1.90 bits per heavy atom. The normalized spacial score (nSPS) is 11.8. The molecule has 0 fully saturated rings. The Balaban J connectivity index is 2.00. The van der Waals surface area contributed by atoms with Gasteiger partial charge < -0.3 is 0 Å². The van der Waals surface area contributed by atoms with E-state index >= 15 is 0 Å². The molecule has 7 heteroatoms. The van der Waals surface area contributed by atoms with Gasteiger partial charge in [0.2, 0.25) is 0 Å². The van der Waals surface area contributed by atoms with E-state index in [1.54, 1.807) is 11.6 Å². The summed E-state index contributed by atoms with van der Waals surface area (Å²) in [5.74, 6) is 0. The van der Waals surface area contributed by atoms with Crippen molar-refractivity contribution in [3.8, 4) is 22.5 Å². The van der Waals surface area contributed by atoms with E-state index in [2.05, 4.69) is 10.2 Å². The predicted octanol–water partition coefficient (Wildman–Crippen LogP) is 4.90. The molecule has 160 valence electrons. The lowest BCUT2D eigenvalue weighted by molar-refractivity contribution is 0.578. The number of benzene rings is 2. The smallest absolute Gasteiger partial charge is 0.269 e. The van der Waals surface area contributed by atoms with Crippen molar-refractivity contribution in [2.24, 2.45) is 0 Å². The van der Waals surface area contributed by atoms with Gasteiger partial charge in [0.15, 0.2) is 0 Å². The maximum absolute atomic E-state index is 13.7. The van der Waals surface area contributed by atoms with Crippen molar-refractivity contribution in [3.63, 3.8) is 0 Å². The molecule has 2 aromatic heterocycles. The predicted molar refractivity (Wildman–Crippen MR) is 123 cm³/mol. The van der Waals surface area contributed by atoms with Gasteiger partial charge in [-0.15, -0.1) is 0 Å². The lowest BCUT2D eigenvalue weighted by Gasteiger charge is -2.10. The number of hydrogen-bond acceptors (Lipinski definition) is 4. The number of hydrogen-bond donors (Lipinski definition) is 0. The summed E-state index contributed by atoms with van der Waals surface area (Å²) in [4.78, 5) is 0.167. The highest BCUT2D eigenvalue weighted by molar-refractivity contribution is 7.90. The van der Waals surface area contributed by atoms with Crippen LogP contribution in [0.25, 0.3) is 22.5 Å². The molecule has 4 aromatic rings. The van der Waals surface area contributed by atoms with E-state index in [9.17, 15) is 8.42 Å². The van der Waals surface area contributed by atoms with Crippen LogP contribution in [0.5, 0.6) is 0 Å². The van der Waals surface area contributed by atoms with Crippen LogP contribution in [-0.4, -0.2) is 27.4 Å². The minimum Gasteiger partial charge on any atom is -0.269 e. The van der Waals surface area contributed by atoms with Gasteiger partial charge in [-0.2, -0.15) is 22.7 Å². The molecule has 0 bridgehead atoms. The molecule has 0 spiro atoms. The summed E-state index contributed by atoms with van der Waals surface area (Å²) in [6.07, 6.45) is 1.41. The zero-order valence-corrected chi connectivity index (χ0v) is 19.2. The van der Waals surface area contributed by atoms with Gasteiger partial charge >= 0.3 is 0 Å². The van der Waals surface area contributed by atoms with Gasteiger partial charge in [-0.3, -0.25) is 4.68 Å². The third-order valence-corrected chi connectivity index (χ3v) is 7.28. The summed E-state index contributed by atoms with van der Waals surface area (Å²) in [6.45, 7) is 10.2. The van der Waals surface area contributed by atoms with Gasteiger partial charge in [0.05, 0.1) is 23.3 Å². The summed E-state index contributed by atoms with van der Waals surface area (Å²) in [5.41, 5.74) is 6.56. The fourth-order valence-corrected chi connectivity index (χ4v) is 5.28. The molecule has 0 aliphatic rings. The van der Waals surface area contributed by atoms with Gasteiger partial charge in [0.25, 0.3) is 10.0 Å². The van der Waals surface area contributed by atoms with Crippen molar-refractivity contribution in [2.45, 2.75) is 46.1 Å². The second kappa shape index (κ2) is 7.81. The Bertz CT molecular complexity index is 1350. The van der Waals surface area contributed by atoms with Crippen molar-refractivity contribution < 1.29 is 8.42 Å². The Morgan fingerprint density at radius 2 is 1.39 bits per heavy atom. The van der Waals surface area contributed by atoms with E-state index in [0.717, 1.165) is 27.8 Å². The van der Waals surface area contributed by atoms with Crippen LogP contribution in [0, 0.1) is 27.7 Å². The second-order valence-electron chi connectivity index (χ2n) is 7.81. The van der Waals surface area contributed by atoms with Crippen LogP contribution in [-0.2, 0) is 16.6 Å². The van der Waals surface area contributed by atoms with Crippen LogP contribution < -0.4 is 0 Å². The molecule has 0 saturated heterocycles. The summed E-state index contributed by atoms with van der Waals surface area (Å²) in [5, 5.41) is 8.86. The van der Waals surface area contributed by atoms with Gasteiger partial charge in [-0.25, -0.2) is 0 Å². The molecular weight excluding hydrogens is 408 g/mol. The quantitative estimate of drug-likeness (QED) is 0.448. The maximum atomic E-state index is 13.7. The Kier molecular flexibility index (Phi) is 5.31. The van der Waals surface area contributed by atoms with E-state index in [0.29, 0.717) is 23.6 Å². The van der Waals surface area contributed by atoms with E-state index in [1.165, 1.54) is 10.3 Å². The highest BCUT2D eigenvalue weighted by Gasteiger charge is 2.29. The molecule has 0 atom stereocenters. The molecule has 2 aromatic carbocycles. The lowest BCUT2D eigenvalue weighted by Crippen LogP contribution is -2.17.